The van der Waals surface area contributed by atoms with Crippen LogP contribution in [0.1, 0.15) is 21.7 Å². The zero-order valence-electron chi connectivity index (χ0n) is 8.79. The SMILES string of the molecule is Cc1cccc(Cn2cnnc2C(=O)O)c1. The highest BCUT2D eigenvalue weighted by molar-refractivity contribution is 5.83. The minimum Gasteiger partial charge on any atom is -0.475 e. The molecule has 1 heterocycles. The van der Waals surface area contributed by atoms with Gasteiger partial charge in [-0.25, -0.2) is 4.79 Å². The minimum absolute atomic E-state index is 0.0403. The van der Waals surface area contributed by atoms with Crippen molar-refractivity contribution in [1.29, 1.82) is 0 Å². The first kappa shape index (κ1) is 10.4. The Balaban J connectivity index is 2.27. The van der Waals surface area contributed by atoms with Crippen LogP contribution in [-0.4, -0.2) is 25.8 Å². The Hall–Kier alpha value is -2.17. The van der Waals surface area contributed by atoms with Crippen molar-refractivity contribution in [2.75, 3.05) is 0 Å². The minimum atomic E-state index is -1.06. The molecule has 1 aromatic heterocycles. The average Bonchev–Trinajstić information content (AvgIpc) is 2.66. The third-order valence-corrected chi connectivity index (χ3v) is 2.24. The molecule has 0 aliphatic carbocycles. The summed E-state index contributed by atoms with van der Waals surface area (Å²) in [4.78, 5) is 10.8. The van der Waals surface area contributed by atoms with Crippen LogP contribution in [0.4, 0.5) is 0 Å². The van der Waals surface area contributed by atoms with Gasteiger partial charge in [0, 0.05) is 0 Å². The lowest BCUT2D eigenvalue weighted by Crippen LogP contribution is -2.10. The van der Waals surface area contributed by atoms with Crippen LogP contribution in [0.2, 0.25) is 0 Å². The number of rotatable bonds is 3. The van der Waals surface area contributed by atoms with Crippen molar-refractivity contribution in [3.8, 4) is 0 Å². The zero-order valence-corrected chi connectivity index (χ0v) is 8.79. The number of aryl methyl sites for hydroxylation is 1. The summed E-state index contributed by atoms with van der Waals surface area (Å²) >= 11 is 0. The molecule has 0 aliphatic rings. The molecule has 0 fully saturated rings. The molecule has 82 valence electrons. The Morgan fingerprint density at radius 1 is 1.50 bits per heavy atom. The Labute approximate surface area is 92.4 Å². The van der Waals surface area contributed by atoms with Gasteiger partial charge in [-0.1, -0.05) is 29.8 Å². The van der Waals surface area contributed by atoms with Gasteiger partial charge in [0.1, 0.15) is 6.33 Å². The number of carboxylic acid groups (broad SMARTS) is 1. The number of hydrogen-bond donors (Lipinski definition) is 1. The predicted molar refractivity (Wildman–Crippen MR) is 57.3 cm³/mol. The number of nitrogens with zero attached hydrogens (tertiary/aromatic N) is 3. The molecule has 0 saturated carbocycles. The van der Waals surface area contributed by atoms with Crippen molar-refractivity contribution in [2.24, 2.45) is 0 Å². The highest BCUT2D eigenvalue weighted by atomic mass is 16.4. The molecule has 0 atom stereocenters. The zero-order chi connectivity index (χ0) is 11.5. The molecular weight excluding hydrogens is 206 g/mol. The maximum absolute atomic E-state index is 10.8. The summed E-state index contributed by atoms with van der Waals surface area (Å²) in [5.41, 5.74) is 2.17. The Bertz CT molecular complexity index is 519. The molecule has 0 saturated heterocycles. The number of benzene rings is 1. The molecule has 0 spiro atoms. The number of carboxylic acids is 1. The van der Waals surface area contributed by atoms with E-state index in [1.807, 2.05) is 31.2 Å². The fraction of sp³-hybridized carbons (Fsp3) is 0.182. The molecule has 2 aromatic rings. The van der Waals surface area contributed by atoms with Gasteiger partial charge in [-0.15, -0.1) is 10.2 Å². The third kappa shape index (κ3) is 2.08. The quantitative estimate of drug-likeness (QED) is 0.842. The van der Waals surface area contributed by atoms with Gasteiger partial charge in [0.25, 0.3) is 0 Å². The molecule has 1 N–H and O–H groups in total. The topological polar surface area (TPSA) is 68.0 Å². The molecular formula is C11H11N3O2. The maximum atomic E-state index is 10.8. The van der Waals surface area contributed by atoms with Crippen molar-refractivity contribution in [3.05, 3.63) is 47.5 Å². The van der Waals surface area contributed by atoms with Crippen LogP contribution in [0.3, 0.4) is 0 Å². The van der Waals surface area contributed by atoms with Crippen molar-refractivity contribution in [3.63, 3.8) is 0 Å². The number of aromatic carboxylic acids is 1. The second-order valence-corrected chi connectivity index (χ2v) is 3.58. The van der Waals surface area contributed by atoms with E-state index in [2.05, 4.69) is 10.2 Å². The van der Waals surface area contributed by atoms with E-state index in [-0.39, 0.29) is 5.82 Å². The van der Waals surface area contributed by atoms with E-state index in [9.17, 15) is 4.79 Å². The summed E-state index contributed by atoms with van der Waals surface area (Å²) in [5.74, 6) is -1.10. The molecule has 0 amide bonds. The first-order chi connectivity index (χ1) is 7.66. The number of carbonyl (C=O) groups is 1. The van der Waals surface area contributed by atoms with E-state index in [0.29, 0.717) is 6.54 Å². The molecule has 16 heavy (non-hydrogen) atoms. The van der Waals surface area contributed by atoms with E-state index >= 15 is 0 Å². The second-order valence-electron chi connectivity index (χ2n) is 3.58. The predicted octanol–water partition coefficient (Wildman–Crippen LogP) is 1.33. The maximum Gasteiger partial charge on any atom is 0.374 e. The van der Waals surface area contributed by atoms with Crippen LogP contribution in [0, 0.1) is 6.92 Å². The van der Waals surface area contributed by atoms with Crippen molar-refractivity contribution in [2.45, 2.75) is 13.5 Å². The van der Waals surface area contributed by atoms with Crippen LogP contribution in [0.15, 0.2) is 30.6 Å². The smallest absolute Gasteiger partial charge is 0.374 e. The van der Waals surface area contributed by atoms with Crippen molar-refractivity contribution >= 4 is 5.97 Å². The van der Waals surface area contributed by atoms with E-state index in [1.54, 1.807) is 0 Å². The molecule has 5 nitrogen and oxygen atoms in total. The van der Waals surface area contributed by atoms with Gasteiger partial charge < -0.3 is 9.67 Å². The van der Waals surface area contributed by atoms with Crippen LogP contribution in [0.25, 0.3) is 0 Å². The Morgan fingerprint density at radius 3 is 3.00 bits per heavy atom. The van der Waals surface area contributed by atoms with Crippen molar-refractivity contribution in [1.82, 2.24) is 14.8 Å². The lowest BCUT2D eigenvalue weighted by Gasteiger charge is -2.04. The summed E-state index contributed by atoms with van der Waals surface area (Å²) < 4.78 is 1.51. The molecule has 1 aromatic carbocycles. The van der Waals surface area contributed by atoms with E-state index in [4.69, 9.17) is 5.11 Å². The van der Waals surface area contributed by atoms with Crippen molar-refractivity contribution < 1.29 is 9.90 Å². The second kappa shape index (κ2) is 4.14. The summed E-state index contributed by atoms with van der Waals surface area (Å²) in [7, 11) is 0. The van der Waals surface area contributed by atoms with Gasteiger partial charge in [-0.05, 0) is 12.5 Å². The van der Waals surface area contributed by atoms with Crippen LogP contribution in [0.5, 0.6) is 0 Å². The molecule has 0 radical (unpaired) electrons. The van der Waals surface area contributed by atoms with E-state index in [1.165, 1.54) is 10.9 Å². The normalized spacial score (nSPS) is 10.3. The van der Waals surface area contributed by atoms with Gasteiger partial charge >= 0.3 is 5.97 Å². The molecule has 0 bridgehead atoms. The van der Waals surface area contributed by atoms with Gasteiger partial charge in [-0.2, -0.15) is 0 Å². The van der Waals surface area contributed by atoms with Gasteiger partial charge in [0.05, 0.1) is 6.54 Å². The summed E-state index contributed by atoms with van der Waals surface area (Å²) in [5, 5.41) is 16.0. The largest absolute Gasteiger partial charge is 0.475 e. The lowest BCUT2D eigenvalue weighted by molar-refractivity contribution is 0.0678. The van der Waals surface area contributed by atoms with E-state index in [0.717, 1.165) is 11.1 Å². The molecule has 2 rings (SSSR count). The first-order valence-corrected chi connectivity index (χ1v) is 4.83. The highest BCUT2D eigenvalue weighted by Gasteiger charge is 2.11. The summed E-state index contributed by atoms with van der Waals surface area (Å²) in [6, 6.07) is 7.88. The third-order valence-electron chi connectivity index (χ3n) is 2.24. The molecule has 5 heteroatoms. The highest BCUT2D eigenvalue weighted by Crippen LogP contribution is 2.07. The Kier molecular flexibility index (Phi) is 2.68. The van der Waals surface area contributed by atoms with Gasteiger partial charge in [0.15, 0.2) is 0 Å². The molecule has 0 unspecified atom stereocenters. The first-order valence-electron chi connectivity index (χ1n) is 4.83. The van der Waals surface area contributed by atoms with Gasteiger partial charge in [-0.3, -0.25) is 0 Å². The lowest BCUT2D eigenvalue weighted by atomic mass is 10.1. The van der Waals surface area contributed by atoms with E-state index < -0.39 is 5.97 Å². The standard InChI is InChI=1S/C11H11N3O2/c1-8-3-2-4-9(5-8)6-14-7-12-13-10(14)11(15)16/h2-5,7H,6H2,1H3,(H,15,16). The van der Waals surface area contributed by atoms with Crippen LogP contribution >= 0.6 is 0 Å². The fourth-order valence-corrected chi connectivity index (χ4v) is 1.54. The monoisotopic (exact) mass is 217 g/mol. The van der Waals surface area contributed by atoms with Crippen LogP contribution < -0.4 is 0 Å². The average molecular weight is 217 g/mol. The fourth-order valence-electron chi connectivity index (χ4n) is 1.54. The van der Waals surface area contributed by atoms with Gasteiger partial charge in [0.2, 0.25) is 5.82 Å². The number of hydrogen-bond acceptors (Lipinski definition) is 3. The summed E-state index contributed by atoms with van der Waals surface area (Å²) in [6.07, 6.45) is 1.42. The number of aromatic nitrogens is 3. The Morgan fingerprint density at radius 2 is 2.31 bits per heavy atom. The summed E-state index contributed by atoms with van der Waals surface area (Å²) in [6.45, 7) is 2.46. The molecule has 0 aliphatic heterocycles. The van der Waals surface area contributed by atoms with Crippen LogP contribution in [-0.2, 0) is 6.54 Å².